The number of urea groups is 1. The summed E-state index contributed by atoms with van der Waals surface area (Å²) in [6.07, 6.45) is 0.525. The van der Waals surface area contributed by atoms with Gasteiger partial charge in [-0.25, -0.2) is 4.79 Å². The summed E-state index contributed by atoms with van der Waals surface area (Å²) in [6, 6.07) is -1.33. The second kappa shape index (κ2) is 7.82. The van der Waals surface area contributed by atoms with E-state index < -0.39 is 18.0 Å². The van der Waals surface area contributed by atoms with E-state index in [0.29, 0.717) is 32.6 Å². The van der Waals surface area contributed by atoms with Crippen molar-refractivity contribution in [3.05, 3.63) is 0 Å². The van der Waals surface area contributed by atoms with Gasteiger partial charge >= 0.3 is 12.0 Å². The van der Waals surface area contributed by atoms with Crippen molar-refractivity contribution >= 4 is 17.9 Å². The van der Waals surface area contributed by atoms with E-state index in [9.17, 15) is 14.4 Å². The monoisotopic (exact) mass is 300 g/mol. The van der Waals surface area contributed by atoms with Gasteiger partial charge in [-0.2, -0.15) is 0 Å². The Morgan fingerprint density at radius 1 is 1.19 bits per heavy atom. The Balaban J connectivity index is 2.56. The molecule has 4 N–H and O–H groups in total. The number of nitrogens with one attached hydrogen (secondary N) is 1. The molecule has 1 aliphatic heterocycles. The Labute approximate surface area is 124 Å². The van der Waals surface area contributed by atoms with Crippen LogP contribution in [0.2, 0.25) is 0 Å². The van der Waals surface area contributed by atoms with Gasteiger partial charge in [0.2, 0.25) is 5.91 Å². The van der Waals surface area contributed by atoms with E-state index in [4.69, 9.17) is 10.8 Å². The van der Waals surface area contributed by atoms with Crippen LogP contribution in [0, 0.1) is 5.92 Å². The lowest BCUT2D eigenvalue weighted by atomic mass is 10.0. The number of amides is 3. The molecule has 0 bridgehead atoms. The van der Waals surface area contributed by atoms with Crippen molar-refractivity contribution in [3.8, 4) is 0 Å². The van der Waals surface area contributed by atoms with Gasteiger partial charge in [0.05, 0.1) is 6.54 Å². The third-order valence-electron chi connectivity index (χ3n) is 3.36. The first-order valence-corrected chi connectivity index (χ1v) is 7.08. The molecule has 120 valence electrons. The Morgan fingerprint density at radius 2 is 1.76 bits per heavy atom. The van der Waals surface area contributed by atoms with Crippen LogP contribution in [-0.2, 0) is 9.59 Å². The van der Waals surface area contributed by atoms with E-state index in [2.05, 4.69) is 5.32 Å². The summed E-state index contributed by atoms with van der Waals surface area (Å²) >= 11 is 0. The van der Waals surface area contributed by atoms with Crippen molar-refractivity contribution in [3.63, 3.8) is 0 Å². The highest BCUT2D eigenvalue weighted by atomic mass is 16.4. The summed E-state index contributed by atoms with van der Waals surface area (Å²) in [7, 11) is 0. The van der Waals surface area contributed by atoms with Gasteiger partial charge in [-0.1, -0.05) is 13.8 Å². The molecule has 0 radical (unpaired) electrons. The lowest BCUT2D eigenvalue weighted by Gasteiger charge is -2.36. The highest BCUT2D eigenvalue weighted by Gasteiger charge is 2.29. The zero-order valence-electron chi connectivity index (χ0n) is 12.5. The van der Waals surface area contributed by atoms with Gasteiger partial charge in [-0.05, 0) is 12.3 Å². The number of primary amides is 1. The molecule has 1 rings (SSSR count). The molecule has 0 saturated carbocycles. The fourth-order valence-electron chi connectivity index (χ4n) is 2.40. The number of hydrogen-bond acceptors (Lipinski definition) is 4. The zero-order valence-corrected chi connectivity index (χ0v) is 12.5. The standard InChI is InChI=1S/C13H24N4O4/c1-9(2)7-10(15-13(14)21)12(20)17-5-3-16(4-6-17)8-11(18)19/h9-10H,3-8H2,1-2H3,(H,18,19)(H3,14,15,21). The summed E-state index contributed by atoms with van der Waals surface area (Å²) in [5.41, 5.74) is 5.12. The smallest absolute Gasteiger partial charge is 0.317 e. The molecule has 8 heteroatoms. The highest BCUT2D eigenvalue weighted by Crippen LogP contribution is 2.10. The molecular weight excluding hydrogens is 276 g/mol. The van der Waals surface area contributed by atoms with Crippen molar-refractivity contribution in [2.75, 3.05) is 32.7 Å². The van der Waals surface area contributed by atoms with Gasteiger partial charge in [-0.15, -0.1) is 0 Å². The third-order valence-corrected chi connectivity index (χ3v) is 3.36. The van der Waals surface area contributed by atoms with E-state index >= 15 is 0 Å². The minimum absolute atomic E-state index is 0.0169. The van der Waals surface area contributed by atoms with Crippen molar-refractivity contribution in [1.82, 2.24) is 15.1 Å². The molecule has 0 aromatic rings. The molecule has 8 nitrogen and oxygen atoms in total. The third kappa shape index (κ3) is 5.99. The Hall–Kier alpha value is -1.83. The van der Waals surface area contributed by atoms with Crippen LogP contribution in [0.4, 0.5) is 4.79 Å². The van der Waals surface area contributed by atoms with Crippen LogP contribution in [0.5, 0.6) is 0 Å². The maximum absolute atomic E-state index is 12.4. The molecule has 21 heavy (non-hydrogen) atoms. The van der Waals surface area contributed by atoms with Gasteiger partial charge in [0.1, 0.15) is 6.04 Å². The van der Waals surface area contributed by atoms with Gasteiger partial charge in [-0.3, -0.25) is 14.5 Å². The van der Waals surface area contributed by atoms with Crippen molar-refractivity contribution in [2.45, 2.75) is 26.3 Å². The minimum Gasteiger partial charge on any atom is -0.480 e. The molecule has 0 spiro atoms. The summed E-state index contributed by atoms with van der Waals surface area (Å²) in [6.45, 7) is 5.87. The van der Waals surface area contributed by atoms with Crippen molar-refractivity contribution in [2.24, 2.45) is 11.7 Å². The van der Waals surface area contributed by atoms with Crippen LogP contribution < -0.4 is 11.1 Å². The lowest BCUT2D eigenvalue weighted by Crippen LogP contribution is -2.56. The fourth-order valence-corrected chi connectivity index (χ4v) is 2.40. The fraction of sp³-hybridized carbons (Fsp3) is 0.769. The number of carboxylic acid groups (broad SMARTS) is 1. The molecule has 1 saturated heterocycles. The zero-order chi connectivity index (χ0) is 16.0. The Kier molecular flexibility index (Phi) is 6.41. The quantitative estimate of drug-likeness (QED) is 0.600. The maximum atomic E-state index is 12.4. The first-order valence-electron chi connectivity index (χ1n) is 7.08. The van der Waals surface area contributed by atoms with E-state index in [1.165, 1.54) is 0 Å². The molecule has 1 atom stereocenters. The molecule has 1 aliphatic rings. The predicted octanol–water partition coefficient (Wildman–Crippen LogP) is -0.702. The topological polar surface area (TPSA) is 116 Å². The molecule has 1 fully saturated rings. The normalized spacial score (nSPS) is 17.6. The number of piperazine rings is 1. The molecule has 0 aliphatic carbocycles. The van der Waals surface area contributed by atoms with Crippen LogP contribution >= 0.6 is 0 Å². The second-order valence-corrected chi connectivity index (χ2v) is 5.69. The number of rotatable bonds is 6. The second-order valence-electron chi connectivity index (χ2n) is 5.69. The van der Waals surface area contributed by atoms with Gasteiger partial charge in [0.15, 0.2) is 0 Å². The molecule has 3 amide bonds. The highest BCUT2D eigenvalue weighted by molar-refractivity contribution is 5.86. The average molecular weight is 300 g/mol. The van der Waals surface area contributed by atoms with Gasteiger partial charge < -0.3 is 21.1 Å². The lowest BCUT2D eigenvalue weighted by molar-refractivity contribution is -0.139. The number of nitrogens with zero attached hydrogens (tertiary/aromatic N) is 2. The molecule has 0 aromatic carbocycles. The summed E-state index contributed by atoms with van der Waals surface area (Å²) < 4.78 is 0. The van der Waals surface area contributed by atoms with Gasteiger partial charge in [0, 0.05) is 26.2 Å². The van der Waals surface area contributed by atoms with Crippen LogP contribution in [-0.4, -0.2) is 71.6 Å². The predicted molar refractivity (Wildman–Crippen MR) is 76.6 cm³/mol. The Bertz CT molecular complexity index is 392. The van der Waals surface area contributed by atoms with Gasteiger partial charge in [0.25, 0.3) is 0 Å². The first-order chi connectivity index (χ1) is 9.79. The first kappa shape index (κ1) is 17.2. The van der Waals surface area contributed by atoms with E-state index in [-0.39, 0.29) is 18.4 Å². The number of carboxylic acids is 1. The van der Waals surface area contributed by atoms with E-state index in [1.807, 2.05) is 13.8 Å². The maximum Gasteiger partial charge on any atom is 0.317 e. The van der Waals surface area contributed by atoms with Crippen LogP contribution in [0.1, 0.15) is 20.3 Å². The number of nitrogens with two attached hydrogens (primary N) is 1. The average Bonchev–Trinajstić information content (AvgIpc) is 2.36. The van der Waals surface area contributed by atoms with Crippen LogP contribution in [0.3, 0.4) is 0 Å². The molecule has 1 unspecified atom stereocenters. The Morgan fingerprint density at radius 3 is 2.19 bits per heavy atom. The number of aliphatic carboxylic acids is 1. The molecule has 1 heterocycles. The number of hydrogen-bond donors (Lipinski definition) is 3. The number of carbonyl (C=O) groups excluding carboxylic acids is 2. The van der Waals surface area contributed by atoms with Crippen LogP contribution in [0.15, 0.2) is 0 Å². The van der Waals surface area contributed by atoms with E-state index in [1.54, 1.807) is 9.80 Å². The van der Waals surface area contributed by atoms with Crippen molar-refractivity contribution in [1.29, 1.82) is 0 Å². The van der Waals surface area contributed by atoms with Crippen LogP contribution in [0.25, 0.3) is 0 Å². The largest absolute Gasteiger partial charge is 0.480 e. The molecule has 0 aromatic heterocycles. The van der Waals surface area contributed by atoms with E-state index in [0.717, 1.165) is 0 Å². The summed E-state index contributed by atoms with van der Waals surface area (Å²) in [5, 5.41) is 11.2. The molecular formula is C13H24N4O4. The summed E-state index contributed by atoms with van der Waals surface area (Å²) in [4.78, 5) is 37.5. The number of carbonyl (C=O) groups is 3. The minimum atomic E-state index is -0.872. The summed E-state index contributed by atoms with van der Waals surface area (Å²) in [5.74, 6) is -0.778. The SMILES string of the molecule is CC(C)CC(NC(N)=O)C(=O)N1CCN(CC(=O)O)CC1. The van der Waals surface area contributed by atoms with Crippen molar-refractivity contribution < 1.29 is 19.5 Å².